The summed E-state index contributed by atoms with van der Waals surface area (Å²) in [4.78, 5) is 8.44. The summed E-state index contributed by atoms with van der Waals surface area (Å²) in [5.41, 5.74) is 0. The Balaban J connectivity index is 3.24. The van der Waals surface area contributed by atoms with Gasteiger partial charge in [0.25, 0.3) is 0 Å². The van der Waals surface area contributed by atoms with Crippen molar-refractivity contribution in [2.45, 2.75) is 38.3 Å². The fourth-order valence-electron chi connectivity index (χ4n) is 2.55. The van der Waals surface area contributed by atoms with E-state index in [9.17, 15) is 16.8 Å². The van der Waals surface area contributed by atoms with E-state index in [-0.39, 0.29) is 0 Å². The SMILES string of the molecule is C[C@H]1[C@H](OS(=O)(=O)O)[C@H](C)[C@H](OOO)[C@@H](OO)[C@@H]1OS(=O)(=O)O. The van der Waals surface area contributed by atoms with Gasteiger partial charge in [-0.1, -0.05) is 18.9 Å². The third-order valence-corrected chi connectivity index (χ3v) is 4.39. The lowest BCUT2D eigenvalue weighted by atomic mass is 9.75. The van der Waals surface area contributed by atoms with Crippen molar-refractivity contribution in [2.24, 2.45) is 11.8 Å². The predicted octanol–water partition coefficient (Wildman–Crippen LogP) is -0.704. The van der Waals surface area contributed by atoms with Gasteiger partial charge in [0, 0.05) is 11.8 Å². The lowest BCUT2D eigenvalue weighted by Gasteiger charge is -2.44. The van der Waals surface area contributed by atoms with E-state index in [4.69, 9.17) is 19.6 Å². The first-order chi connectivity index (χ1) is 10.4. The molecule has 0 aromatic carbocycles. The van der Waals surface area contributed by atoms with Gasteiger partial charge in [0.15, 0.2) is 6.10 Å². The van der Waals surface area contributed by atoms with Gasteiger partial charge in [-0.05, 0) is 0 Å². The van der Waals surface area contributed by atoms with Gasteiger partial charge >= 0.3 is 20.8 Å². The molecule has 138 valence electrons. The third-order valence-electron chi connectivity index (χ3n) is 3.46. The minimum Gasteiger partial charge on any atom is -0.264 e. The Morgan fingerprint density at radius 1 is 0.739 bits per heavy atom. The van der Waals surface area contributed by atoms with Gasteiger partial charge in [-0.2, -0.15) is 21.7 Å². The highest BCUT2D eigenvalue weighted by atomic mass is 32.3. The molecular weight excluding hydrogens is 368 g/mol. The minimum absolute atomic E-state index is 1.02. The maximum atomic E-state index is 10.9. The first-order valence-corrected chi connectivity index (χ1v) is 8.72. The van der Waals surface area contributed by atoms with Crippen LogP contribution >= 0.6 is 0 Å². The molecule has 0 spiro atoms. The zero-order valence-electron chi connectivity index (χ0n) is 11.7. The highest BCUT2D eigenvalue weighted by molar-refractivity contribution is 7.81. The minimum atomic E-state index is -5.04. The second kappa shape index (κ2) is 7.62. The summed E-state index contributed by atoms with van der Waals surface area (Å²) in [5.74, 6) is -2.16. The first kappa shape index (κ1) is 20.6. The molecule has 1 rings (SSSR count). The zero-order valence-corrected chi connectivity index (χ0v) is 13.4. The van der Waals surface area contributed by atoms with Gasteiger partial charge in [-0.25, -0.2) is 18.5 Å². The maximum absolute atomic E-state index is 10.9. The summed E-state index contributed by atoms with van der Waals surface area (Å²) in [6.07, 6.45) is -6.28. The molecule has 1 aliphatic carbocycles. The molecule has 0 saturated heterocycles. The van der Waals surface area contributed by atoms with E-state index >= 15 is 0 Å². The highest BCUT2D eigenvalue weighted by Crippen LogP contribution is 2.38. The number of hydrogen-bond donors (Lipinski definition) is 4. The molecule has 15 heteroatoms. The Morgan fingerprint density at radius 2 is 1.17 bits per heavy atom. The molecular formula is C8H16O13S2. The van der Waals surface area contributed by atoms with Crippen LogP contribution in [0.3, 0.4) is 0 Å². The topological polar surface area (TPSA) is 195 Å². The van der Waals surface area contributed by atoms with Crippen molar-refractivity contribution in [3.05, 3.63) is 0 Å². The van der Waals surface area contributed by atoms with E-state index in [0.717, 1.165) is 0 Å². The van der Waals surface area contributed by atoms with Crippen molar-refractivity contribution in [3.8, 4) is 0 Å². The molecule has 13 nitrogen and oxygen atoms in total. The first-order valence-electron chi connectivity index (χ1n) is 5.99. The van der Waals surface area contributed by atoms with E-state index in [0.29, 0.717) is 0 Å². The molecule has 1 saturated carbocycles. The second-order valence-corrected chi connectivity index (χ2v) is 7.00. The molecule has 0 aromatic rings. The molecule has 6 atom stereocenters. The molecule has 1 aliphatic rings. The average Bonchev–Trinajstić information content (AvgIpc) is 2.38. The van der Waals surface area contributed by atoms with Crippen LogP contribution in [0.15, 0.2) is 0 Å². The summed E-state index contributed by atoms with van der Waals surface area (Å²) < 4.78 is 70.0. The lowest BCUT2D eigenvalue weighted by molar-refractivity contribution is -0.527. The van der Waals surface area contributed by atoms with Gasteiger partial charge in [-0.3, -0.25) is 14.4 Å². The molecule has 0 aliphatic heterocycles. The largest absolute Gasteiger partial charge is 0.397 e. The van der Waals surface area contributed by atoms with Gasteiger partial charge in [-0.15, -0.1) is 0 Å². The van der Waals surface area contributed by atoms with Crippen molar-refractivity contribution in [1.82, 2.24) is 0 Å². The number of hydrogen-bond acceptors (Lipinski definition) is 11. The van der Waals surface area contributed by atoms with Crippen LogP contribution in [0.25, 0.3) is 0 Å². The molecule has 0 heterocycles. The monoisotopic (exact) mass is 384 g/mol. The average molecular weight is 384 g/mol. The molecule has 0 amide bonds. The van der Waals surface area contributed by atoms with E-state index in [2.05, 4.69) is 23.2 Å². The fourth-order valence-corrected chi connectivity index (χ4v) is 3.75. The van der Waals surface area contributed by atoms with Crippen molar-refractivity contribution in [1.29, 1.82) is 0 Å². The van der Waals surface area contributed by atoms with Gasteiger partial charge < -0.3 is 0 Å². The fraction of sp³-hybridized carbons (Fsp3) is 1.00. The van der Waals surface area contributed by atoms with Gasteiger partial charge in [0.1, 0.15) is 12.2 Å². The molecule has 0 unspecified atom stereocenters. The Morgan fingerprint density at radius 3 is 1.57 bits per heavy atom. The van der Waals surface area contributed by atoms with Crippen molar-refractivity contribution in [2.75, 3.05) is 0 Å². The van der Waals surface area contributed by atoms with Crippen LogP contribution in [-0.2, 0) is 44.0 Å². The van der Waals surface area contributed by atoms with E-state index in [1.54, 1.807) is 0 Å². The zero-order chi connectivity index (χ0) is 18.0. The Bertz CT molecular complexity index is 585. The summed E-state index contributed by atoms with van der Waals surface area (Å²) in [6.45, 7) is 2.55. The van der Waals surface area contributed by atoms with Crippen molar-refractivity contribution in [3.63, 3.8) is 0 Å². The molecule has 4 N–H and O–H groups in total. The van der Waals surface area contributed by atoms with E-state index < -0.39 is 57.0 Å². The lowest BCUT2D eigenvalue weighted by Crippen LogP contribution is -2.60. The van der Waals surface area contributed by atoms with Crippen LogP contribution < -0.4 is 0 Å². The van der Waals surface area contributed by atoms with Crippen LogP contribution in [0.2, 0.25) is 0 Å². The van der Waals surface area contributed by atoms with Crippen molar-refractivity contribution < 1.29 is 59.6 Å². The Kier molecular flexibility index (Phi) is 6.82. The third kappa shape index (κ3) is 5.54. The van der Waals surface area contributed by atoms with Crippen LogP contribution in [0.1, 0.15) is 13.8 Å². The van der Waals surface area contributed by atoms with Gasteiger partial charge in [0.05, 0.1) is 6.10 Å². The van der Waals surface area contributed by atoms with Crippen LogP contribution in [0.4, 0.5) is 0 Å². The molecule has 0 aromatic heterocycles. The van der Waals surface area contributed by atoms with Crippen LogP contribution in [0.5, 0.6) is 0 Å². The predicted molar refractivity (Wildman–Crippen MR) is 67.3 cm³/mol. The smallest absolute Gasteiger partial charge is 0.264 e. The summed E-state index contributed by atoms with van der Waals surface area (Å²) >= 11 is 0. The number of rotatable bonds is 7. The summed E-state index contributed by atoms with van der Waals surface area (Å²) in [6, 6.07) is 0. The quantitative estimate of drug-likeness (QED) is 0.244. The molecule has 23 heavy (non-hydrogen) atoms. The molecule has 1 fully saturated rings. The van der Waals surface area contributed by atoms with Crippen LogP contribution in [-0.4, -0.2) is 60.9 Å². The summed E-state index contributed by atoms with van der Waals surface area (Å²) in [7, 11) is -9.99. The summed E-state index contributed by atoms with van der Waals surface area (Å²) in [5, 5.41) is 20.8. The van der Waals surface area contributed by atoms with Crippen LogP contribution in [0, 0.1) is 11.8 Å². The van der Waals surface area contributed by atoms with E-state index in [1.165, 1.54) is 13.8 Å². The van der Waals surface area contributed by atoms with Gasteiger partial charge in [0.2, 0.25) is 0 Å². The maximum Gasteiger partial charge on any atom is 0.397 e. The molecule has 0 bridgehead atoms. The standard InChI is InChI=1S/C8H16O13S2/c1-3-5(19-22(11,12)13)4(2)7(20-23(14,15)16)8(17-9)6(3)18-21-10/h3-10H,1-2H3,(H,11,12,13)(H,14,15,16)/t3-,4-,5+,6-,7+,8+/m0/s1. The Hall–Kier alpha value is -0.460. The van der Waals surface area contributed by atoms with Crippen molar-refractivity contribution >= 4 is 20.8 Å². The normalized spacial score (nSPS) is 36.1. The van der Waals surface area contributed by atoms with E-state index in [1.807, 2.05) is 0 Å². The second-order valence-electron chi connectivity index (χ2n) is 4.90. The molecule has 0 radical (unpaired) electrons. The highest BCUT2D eigenvalue weighted by Gasteiger charge is 2.54. The Labute approximate surface area is 131 Å².